The minimum absolute atomic E-state index is 0.260. The molecule has 0 amide bonds. The molecule has 6 heteroatoms. The molecule has 0 saturated heterocycles. The fourth-order valence-electron chi connectivity index (χ4n) is 2.05. The molecular formula is C16H15FN2O2S. The van der Waals surface area contributed by atoms with Crippen molar-refractivity contribution in [1.29, 1.82) is 0 Å². The van der Waals surface area contributed by atoms with Gasteiger partial charge >= 0.3 is 0 Å². The lowest BCUT2D eigenvalue weighted by Crippen LogP contribution is -2.22. The molecule has 22 heavy (non-hydrogen) atoms. The Balaban J connectivity index is 1.79. The third-order valence-electron chi connectivity index (χ3n) is 3.23. The quantitative estimate of drug-likeness (QED) is 0.677. The van der Waals surface area contributed by atoms with E-state index in [0.717, 1.165) is 26.5 Å². The van der Waals surface area contributed by atoms with Crippen LogP contribution in [0.15, 0.2) is 42.5 Å². The van der Waals surface area contributed by atoms with E-state index in [0.29, 0.717) is 0 Å². The van der Waals surface area contributed by atoms with Gasteiger partial charge in [0.15, 0.2) is 0 Å². The molecule has 0 fully saturated rings. The zero-order valence-corrected chi connectivity index (χ0v) is 12.5. The van der Waals surface area contributed by atoms with Crippen LogP contribution in [0.25, 0.3) is 20.8 Å². The van der Waals surface area contributed by atoms with E-state index in [1.165, 1.54) is 23.5 Å². The van der Waals surface area contributed by atoms with Gasteiger partial charge in [-0.25, -0.2) is 9.37 Å². The van der Waals surface area contributed by atoms with Crippen molar-refractivity contribution in [2.24, 2.45) is 0 Å². The van der Waals surface area contributed by atoms with Crippen molar-refractivity contribution >= 4 is 27.2 Å². The third kappa shape index (κ3) is 3.24. The molecule has 0 radical (unpaired) electrons. The molecule has 0 aliphatic carbocycles. The smallest absolute Gasteiger partial charge is 0.124 e. The van der Waals surface area contributed by atoms with Crippen LogP contribution in [0.3, 0.4) is 0 Å². The normalized spacial score (nSPS) is 12.5. The van der Waals surface area contributed by atoms with Crippen molar-refractivity contribution in [3.8, 4) is 10.6 Å². The number of benzene rings is 2. The molecule has 0 aliphatic rings. The van der Waals surface area contributed by atoms with Gasteiger partial charge in [0.05, 0.1) is 22.9 Å². The van der Waals surface area contributed by atoms with Gasteiger partial charge in [-0.05, 0) is 42.5 Å². The standard InChI is InChI=1S/C16H15FN2O2S/c17-11-3-6-14-15(7-11)22-16(19-14)10-1-4-12(5-2-10)18-8-13(21)9-20/h1-7,13,18,20-21H,8-9H2. The first-order valence-electron chi connectivity index (χ1n) is 6.85. The Bertz CT molecular complexity index is 773. The number of nitrogens with one attached hydrogen (secondary N) is 1. The summed E-state index contributed by atoms with van der Waals surface area (Å²) in [7, 11) is 0. The second-order valence-electron chi connectivity index (χ2n) is 4.93. The van der Waals surface area contributed by atoms with E-state index in [2.05, 4.69) is 10.3 Å². The number of halogens is 1. The molecule has 0 bridgehead atoms. The van der Waals surface area contributed by atoms with Crippen molar-refractivity contribution in [2.75, 3.05) is 18.5 Å². The number of thiazole rings is 1. The van der Waals surface area contributed by atoms with Crippen LogP contribution in [-0.2, 0) is 0 Å². The highest BCUT2D eigenvalue weighted by molar-refractivity contribution is 7.21. The fourth-order valence-corrected chi connectivity index (χ4v) is 3.05. The van der Waals surface area contributed by atoms with Crippen LogP contribution in [0, 0.1) is 5.82 Å². The van der Waals surface area contributed by atoms with Gasteiger partial charge < -0.3 is 15.5 Å². The average molecular weight is 318 g/mol. The van der Waals surface area contributed by atoms with E-state index < -0.39 is 6.10 Å². The molecule has 4 nitrogen and oxygen atoms in total. The van der Waals surface area contributed by atoms with Gasteiger partial charge in [-0.2, -0.15) is 0 Å². The highest BCUT2D eigenvalue weighted by Crippen LogP contribution is 2.31. The fraction of sp³-hybridized carbons (Fsp3) is 0.188. The largest absolute Gasteiger partial charge is 0.394 e. The molecule has 3 N–H and O–H groups in total. The van der Waals surface area contributed by atoms with Gasteiger partial charge in [-0.1, -0.05) is 0 Å². The predicted molar refractivity (Wildman–Crippen MR) is 86.6 cm³/mol. The third-order valence-corrected chi connectivity index (χ3v) is 4.30. The summed E-state index contributed by atoms with van der Waals surface area (Å²) in [6.07, 6.45) is -0.779. The molecule has 0 saturated carbocycles. The Kier molecular flexibility index (Phi) is 4.33. The van der Waals surface area contributed by atoms with Crippen LogP contribution in [0.5, 0.6) is 0 Å². The van der Waals surface area contributed by atoms with E-state index in [1.807, 2.05) is 24.3 Å². The molecule has 3 aromatic rings. The van der Waals surface area contributed by atoms with Gasteiger partial charge in [0.25, 0.3) is 0 Å². The summed E-state index contributed by atoms with van der Waals surface area (Å²) >= 11 is 1.45. The van der Waals surface area contributed by atoms with Crippen molar-refractivity contribution < 1.29 is 14.6 Å². The van der Waals surface area contributed by atoms with E-state index >= 15 is 0 Å². The van der Waals surface area contributed by atoms with Crippen molar-refractivity contribution in [3.05, 3.63) is 48.3 Å². The molecule has 2 aromatic carbocycles. The lowest BCUT2D eigenvalue weighted by atomic mass is 10.2. The molecule has 0 spiro atoms. The topological polar surface area (TPSA) is 65.4 Å². The number of fused-ring (bicyclic) bond motifs is 1. The average Bonchev–Trinajstić information content (AvgIpc) is 2.96. The van der Waals surface area contributed by atoms with E-state index in [1.54, 1.807) is 6.07 Å². The Morgan fingerprint density at radius 2 is 1.95 bits per heavy atom. The number of aliphatic hydroxyl groups is 2. The maximum Gasteiger partial charge on any atom is 0.124 e. The molecular weight excluding hydrogens is 303 g/mol. The van der Waals surface area contributed by atoms with Crippen LogP contribution in [0.1, 0.15) is 0 Å². The molecule has 1 unspecified atom stereocenters. The van der Waals surface area contributed by atoms with Gasteiger partial charge in [-0.15, -0.1) is 11.3 Å². The number of anilines is 1. The number of nitrogens with zero attached hydrogens (tertiary/aromatic N) is 1. The van der Waals surface area contributed by atoms with Gasteiger partial charge in [0, 0.05) is 17.8 Å². The summed E-state index contributed by atoms with van der Waals surface area (Å²) in [5.41, 5.74) is 2.59. The number of hydrogen-bond acceptors (Lipinski definition) is 5. The molecule has 0 aliphatic heterocycles. The van der Waals surface area contributed by atoms with Crippen LogP contribution < -0.4 is 5.32 Å². The van der Waals surface area contributed by atoms with Crippen LogP contribution in [0.4, 0.5) is 10.1 Å². The van der Waals surface area contributed by atoms with E-state index in [4.69, 9.17) is 5.11 Å². The van der Waals surface area contributed by atoms with E-state index in [-0.39, 0.29) is 19.0 Å². The summed E-state index contributed by atoms with van der Waals surface area (Å²) in [6, 6.07) is 12.2. The highest BCUT2D eigenvalue weighted by atomic mass is 32.1. The maximum atomic E-state index is 13.2. The first kappa shape index (κ1) is 14.9. The lowest BCUT2D eigenvalue weighted by molar-refractivity contribution is 0.105. The molecule has 114 valence electrons. The number of rotatable bonds is 5. The van der Waals surface area contributed by atoms with Crippen LogP contribution >= 0.6 is 11.3 Å². The zero-order chi connectivity index (χ0) is 15.5. The Hall–Kier alpha value is -2.02. The lowest BCUT2D eigenvalue weighted by Gasteiger charge is -2.10. The van der Waals surface area contributed by atoms with Gasteiger partial charge in [-0.3, -0.25) is 0 Å². The summed E-state index contributed by atoms with van der Waals surface area (Å²) in [5, 5.41) is 21.9. The predicted octanol–water partition coefficient (Wildman–Crippen LogP) is 2.87. The Labute approximate surface area is 130 Å². The Morgan fingerprint density at radius 1 is 1.18 bits per heavy atom. The van der Waals surface area contributed by atoms with Gasteiger partial charge in [0.2, 0.25) is 0 Å². The van der Waals surface area contributed by atoms with E-state index in [9.17, 15) is 9.50 Å². The molecule has 1 aromatic heterocycles. The van der Waals surface area contributed by atoms with Crippen molar-refractivity contribution in [2.45, 2.75) is 6.10 Å². The molecule has 1 heterocycles. The van der Waals surface area contributed by atoms with Crippen molar-refractivity contribution in [1.82, 2.24) is 4.98 Å². The SMILES string of the molecule is OCC(O)CNc1ccc(-c2nc3ccc(F)cc3s2)cc1. The molecule has 1 atom stereocenters. The van der Waals surface area contributed by atoms with Crippen LogP contribution in [0.2, 0.25) is 0 Å². The second-order valence-corrected chi connectivity index (χ2v) is 5.96. The second kappa shape index (κ2) is 6.39. The number of hydrogen-bond donors (Lipinski definition) is 3. The van der Waals surface area contributed by atoms with Gasteiger partial charge in [0.1, 0.15) is 10.8 Å². The maximum absolute atomic E-state index is 13.2. The first-order valence-corrected chi connectivity index (χ1v) is 7.66. The highest BCUT2D eigenvalue weighted by Gasteiger charge is 2.07. The minimum Gasteiger partial charge on any atom is -0.394 e. The van der Waals surface area contributed by atoms with Crippen molar-refractivity contribution in [3.63, 3.8) is 0 Å². The zero-order valence-electron chi connectivity index (χ0n) is 11.7. The Morgan fingerprint density at radius 3 is 2.68 bits per heavy atom. The van der Waals surface area contributed by atoms with Crippen LogP contribution in [-0.4, -0.2) is 34.5 Å². The summed E-state index contributed by atoms with van der Waals surface area (Å²) < 4.78 is 14.0. The number of aliphatic hydroxyl groups excluding tert-OH is 2. The summed E-state index contributed by atoms with van der Waals surface area (Å²) in [6.45, 7) is 0.0175. The first-order chi connectivity index (χ1) is 10.7. The number of aromatic nitrogens is 1. The molecule has 3 rings (SSSR count). The summed E-state index contributed by atoms with van der Waals surface area (Å²) in [5.74, 6) is -0.260. The monoisotopic (exact) mass is 318 g/mol. The minimum atomic E-state index is -0.779. The summed E-state index contributed by atoms with van der Waals surface area (Å²) in [4.78, 5) is 4.50.